The van der Waals surface area contributed by atoms with Gasteiger partial charge in [-0.15, -0.1) is 0 Å². The van der Waals surface area contributed by atoms with E-state index in [0.717, 1.165) is 11.8 Å². The summed E-state index contributed by atoms with van der Waals surface area (Å²) in [5, 5.41) is 31.1. The third-order valence-electron chi connectivity index (χ3n) is 7.60. The van der Waals surface area contributed by atoms with E-state index in [1.807, 2.05) is 18.2 Å². The van der Waals surface area contributed by atoms with Gasteiger partial charge in [-0.1, -0.05) is 29.7 Å². The fraction of sp³-hybridized carbons (Fsp3) is 0.464. The number of methoxy groups -OCH3 is 1. The molecule has 0 radical (unpaired) electrons. The number of aliphatic hydroxyl groups is 2. The Balaban J connectivity index is 1.36. The van der Waals surface area contributed by atoms with Crippen molar-refractivity contribution in [1.29, 1.82) is 0 Å². The number of ether oxygens (including phenoxy) is 1. The molecular weight excluding hydrogens is 550 g/mol. The van der Waals surface area contributed by atoms with E-state index in [1.54, 1.807) is 24.1 Å². The number of hydrogen-bond acceptors (Lipinski definition) is 10. The minimum Gasteiger partial charge on any atom is -0.389 e. The molecule has 5 N–H and O–H groups in total. The van der Waals surface area contributed by atoms with E-state index in [4.69, 9.17) is 16.3 Å². The minimum absolute atomic E-state index is 0.117. The van der Waals surface area contributed by atoms with Crippen molar-refractivity contribution in [3.05, 3.63) is 47.0 Å². The topological polar surface area (TPSA) is 164 Å². The fourth-order valence-electron chi connectivity index (χ4n) is 5.42. The van der Waals surface area contributed by atoms with Crippen molar-refractivity contribution in [1.82, 2.24) is 30.2 Å². The first-order chi connectivity index (χ1) is 19.9. The molecule has 1 amide bonds. The molecule has 2 heterocycles. The highest BCUT2D eigenvalue weighted by Gasteiger charge is 2.72. The number of anilines is 1. The molecule has 3 aromatic rings. The van der Waals surface area contributed by atoms with E-state index < -0.39 is 23.7 Å². The van der Waals surface area contributed by atoms with Crippen LogP contribution in [0.3, 0.4) is 0 Å². The summed E-state index contributed by atoms with van der Waals surface area (Å²) in [6.07, 6.45) is 1.01. The van der Waals surface area contributed by atoms with Gasteiger partial charge in [0.15, 0.2) is 17.0 Å². The number of imidazole rings is 1. The number of benzene rings is 1. The third-order valence-corrected chi connectivity index (χ3v) is 7.83. The molecule has 5 rings (SSSR count). The molecule has 2 aromatic heterocycles. The number of rotatable bonds is 12. The van der Waals surface area contributed by atoms with Gasteiger partial charge in [0.1, 0.15) is 12.4 Å². The second-order valence-electron chi connectivity index (χ2n) is 10.3. The molecule has 0 spiro atoms. The summed E-state index contributed by atoms with van der Waals surface area (Å²) in [5.41, 5.74) is 0.876. The molecule has 1 aromatic carbocycles. The van der Waals surface area contributed by atoms with Gasteiger partial charge in [0.2, 0.25) is 11.7 Å². The van der Waals surface area contributed by atoms with Gasteiger partial charge in [0.05, 0.1) is 30.6 Å². The van der Waals surface area contributed by atoms with Gasteiger partial charge in [-0.3, -0.25) is 10.1 Å². The Morgan fingerprint density at radius 1 is 1.32 bits per heavy atom. The maximum atomic E-state index is 12.1. The number of aldehydes is 1. The normalized spacial score (nSPS) is 24.4. The Bertz CT molecular complexity index is 1490. The van der Waals surface area contributed by atoms with Crippen LogP contribution >= 0.6 is 11.6 Å². The Morgan fingerprint density at radius 3 is 2.93 bits per heavy atom. The van der Waals surface area contributed by atoms with Crippen molar-refractivity contribution in [2.24, 2.45) is 11.3 Å². The summed E-state index contributed by atoms with van der Waals surface area (Å²) in [7, 11) is 1.59. The first-order valence-electron chi connectivity index (χ1n) is 13.4. The lowest BCUT2D eigenvalue weighted by Gasteiger charge is -2.22. The smallest absolute Gasteiger partial charge is 0.220 e. The molecule has 13 heteroatoms. The van der Waals surface area contributed by atoms with E-state index in [2.05, 4.69) is 42.7 Å². The number of carbonyl (C=O) groups excluding carboxylic acids is 2. The standard InChI is InChI=1S/C28H32ClN7O5/c1-41-16-30-9-10-31-21(38)8-3-2-7-20-34-26(32-13-17-5-4-6-18(29)11-17)22-27(35-20)36(15-33-22)23-19-12-28(19,14-37)25(40)24(23)39/h4-6,11,14-15,19,23-25,30,39-40H,3,8-10,12-13,16H2,1H3,(H,31,38)(H,32,34,35)/t19-,23-,24-,25?,28+/m1/s1. The van der Waals surface area contributed by atoms with Gasteiger partial charge < -0.3 is 34.9 Å². The van der Waals surface area contributed by atoms with Gasteiger partial charge >= 0.3 is 0 Å². The van der Waals surface area contributed by atoms with Crippen molar-refractivity contribution in [3.63, 3.8) is 0 Å². The van der Waals surface area contributed by atoms with Crippen LogP contribution in [-0.2, 0) is 20.9 Å². The lowest BCUT2D eigenvalue weighted by Crippen LogP contribution is -2.34. The van der Waals surface area contributed by atoms with Crippen LogP contribution in [0.25, 0.3) is 11.2 Å². The first-order valence-corrected chi connectivity index (χ1v) is 13.8. The van der Waals surface area contributed by atoms with Crippen LogP contribution in [0.4, 0.5) is 5.82 Å². The van der Waals surface area contributed by atoms with Crippen LogP contribution in [-0.4, -0.2) is 81.1 Å². The molecule has 2 aliphatic rings. The molecule has 41 heavy (non-hydrogen) atoms. The molecule has 0 saturated heterocycles. The van der Waals surface area contributed by atoms with Gasteiger partial charge in [0, 0.05) is 44.6 Å². The monoisotopic (exact) mass is 581 g/mol. The Morgan fingerprint density at radius 2 is 2.17 bits per heavy atom. The summed E-state index contributed by atoms with van der Waals surface area (Å²) < 4.78 is 6.60. The highest BCUT2D eigenvalue weighted by molar-refractivity contribution is 6.30. The number of nitrogens with one attached hydrogen (secondary N) is 3. The van der Waals surface area contributed by atoms with Crippen molar-refractivity contribution in [2.75, 3.05) is 32.2 Å². The Labute approximate surface area is 241 Å². The van der Waals surface area contributed by atoms with Crippen LogP contribution in [0.5, 0.6) is 0 Å². The summed E-state index contributed by atoms with van der Waals surface area (Å²) in [6, 6.07) is 6.85. The number of fused-ring (bicyclic) bond motifs is 2. The van der Waals surface area contributed by atoms with Gasteiger partial charge in [-0.25, -0.2) is 15.0 Å². The molecule has 216 valence electrons. The zero-order chi connectivity index (χ0) is 29.0. The molecule has 0 bridgehead atoms. The van der Waals surface area contributed by atoms with E-state index in [9.17, 15) is 19.8 Å². The molecule has 0 aliphatic heterocycles. The van der Waals surface area contributed by atoms with Crippen LogP contribution in [0.15, 0.2) is 30.6 Å². The highest BCUT2D eigenvalue weighted by Crippen LogP contribution is 2.66. The number of aromatic nitrogens is 4. The lowest BCUT2D eigenvalue weighted by atomic mass is 10.0. The van der Waals surface area contributed by atoms with Crippen molar-refractivity contribution in [3.8, 4) is 11.8 Å². The van der Waals surface area contributed by atoms with Gasteiger partial charge in [-0.2, -0.15) is 0 Å². The Kier molecular flexibility index (Phi) is 8.82. The largest absolute Gasteiger partial charge is 0.389 e. The number of nitrogens with zero attached hydrogens (tertiary/aromatic N) is 4. The van der Waals surface area contributed by atoms with Crippen molar-refractivity contribution >= 4 is 40.8 Å². The third kappa shape index (κ3) is 6.05. The average Bonchev–Trinajstić information content (AvgIpc) is 3.49. The molecule has 2 aliphatic carbocycles. The molecule has 2 saturated carbocycles. The fourth-order valence-corrected chi connectivity index (χ4v) is 5.64. The summed E-state index contributed by atoms with van der Waals surface area (Å²) in [6.45, 7) is 1.90. The molecule has 2 fully saturated rings. The SMILES string of the molecule is COCNCCNC(=O)CCC#Cc1nc(NCc2cccc(Cl)c2)c2ncn([C@@H]3[C@H]4C[C@@]4(C=O)C(O)[C@@H]3O)c2n1. The number of carbonyl (C=O) groups is 2. The highest BCUT2D eigenvalue weighted by atomic mass is 35.5. The summed E-state index contributed by atoms with van der Waals surface area (Å²) in [4.78, 5) is 37.6. The molecular formula is C28H32ClN7O5. The summed E-state index contributed by atoms with van der Waals surface area (Å²) in [5.74, 6) is 6.21. The van der Waals surface area contributed by atoms with Crippen molar-refractivity contribution in [2.45, 2.75) is 44.1 Å². The Hall–Kier alpha value is -3.60. The maximum absolute atomic E-state index is 12.1. The van der Waals surface area contributed by atoms with Crippen LogP contribution in [0.2, 0.25) is 5.02 Å². The van der Waals surface area contributed by atoms with Gasteiger partial charge in [0.25, 0.3) is 0 Å². The van der Waals surface area contributed by atoms with E-state index >= 15 is 0 Å². The minimum atomic E-state index is -1.16. The molecule has 1 unspecified atom stereocenters. The quantitative estimate of drug-likeness (QED) is 0.0902. The number of hydrogen-bond donors (Lipinski definition) is 5. The first kappa shape index (κ1) is 28.9. The predicted octanol–water partition coefficient (Wildman–Crippen LogP) is 1.01. The van der Waals surface area contributed by atoms with E-state index in [1.165, 1.54) is 0 Å². The van der Waals surface area contributed by atoms with Crippen LogP contribution in [0, 0.1) is 23.2 Å². The number of aliphatic hydroxyl groups excluding tert-OH is 2. The zero-order valence-electron chi connectivity index (χ0n) is 22.5. The van der Waals surface area contributed by atoms with Crippen molar-refractivity contribution < 1.29 is 24.5 Å². The van der Waals surface area contributed by atoms with E-state index in [0.29, 0.717) is 61.2 Å². The average molecular weight is 582 g/mol. The van der Waals surface area contributed by atoms with E-state index in [-0.39, 0.29) is 24.1 Å². The lowest BCUT2D eigenvalue weighted by molar-refractivity contribution is -0.121. The van der Waals surface area contributed by atoms with Gasteiger partial charge in [-0.05, 0) is 36.0 Å². The van der Waals surface area contributed by atoms with Crippen LogP contribution < -0.4 is 16.0 Å². The number of halogens is 1. The maximum Gasteiger partial charge on any atom is 0.220 e. The zero-order valence-corrected chi connectivity index (χ0v) is 23.3. The second kappa shape index (κ2) is 12.5. The number of amides is 1. The summed E-state index contributed by atoms with van der Waals surface area (Å²) >= 11 is 6.14. The molecule has 5 atom stereocenters. The molecule has 12 nitrogen and oxygen atoms in total. The second-order valence-corrected chi connectivity index (χ2v) is 10.7. The van der Waals surface area contributed by atoms with Crippen LogP contribution in [0.1, 0.15) is 36.7 Å². The predicted molar refractivity (Wildman–Crippen MR) is 151 cm³/mol.